The highest BCUT2D eigenvalue weighted by Crippen LogP contribution is 2.46. The Bertz CT molecular complexity index is 730. The van der Waals surface area contributed by atoms with Gasteiger partial charge < -0.3 is 9.88 Å². The lowest BCUT2D eigenvalue weighted by Crippen LogP contribution is -2.42. The molecule has 2 fully saturated rings. The molecule has 0 radical (unpaired) electrons. The monoisotopic (exact) mass is 418 g/mol. The number of fused-ring (bicyclic) bond motifs is 1. The zero-order valence-electron chi connectivity index (χ0n) is 15.3. The number of carbonyl (C=O) groups excluding carboxylic acids is 1. The molecule has 0 aliphatic carbocycles. The van der Waals surface area contributed by atoms with Crippen LogP contribution in [0.2, 0.25) is 0 Å². The maximum Gasteiger partial charge on any atom is 0.286 e. The molecule has 0 saturated carbocycles. The van der Waals surface area contributed by atoms with Crippen LogP contribution in [-0.2, 0) is 11.3 Å². The van der Waals surface area contributed by atoms with E-state index in [0.29, 0.717) is 5.25 Å². The lowest BCUT2D eigenvalue weighted by molar-refractivity contribution is -0.115. The molecular weight excluding hydrogens is 394 g/mol. The summed E-state index contributed by atoms with van der Waals surface area (Å²) in [6.07, 6.45) is 2.01. The minimum atomic E-state index is -1.00. The number of anilines is 1. The smallest absolute Gasteiger partial charge is 0.286 e. The third kappa shape index (κ3) is 4.49. The van der Waals surface area contributed by atoms with Gasteiger partial charge in [0, 0.05) is 17.5 Å². The quantitative estimate of drug-likeness (QED) is 0.707. The normalized spacial score (nSPS) is 27.1. The maximum atomic E-state index is 13.7. The van der Waals surface area contributed by atoms with Gasteiger partial charge in [-0.2, -0.15) is 0 Å². The molecule has 4 unspecified atom stereocenters. The summed E-state index contributed by atoms with van der Waals surface area (Å²) in [5.74, 6) is -1.22. The summed E-state index contributed by atoms with van der Waals surface area (Å²) >= 11 is 3.43. The molecule has 1 aromatic heterocycles. The number of aryl methyl sites for hydroxylation is 1. The van der Waals surface area contributed by atoms with Crippen LogP contribution in [0.3, 0.4) is 0 Å². The van der Waals surface area contributed by atoms with Crippen molar-refractivity contribution in [1.82, 2.24) is 14.8 Å². The van der Waals surface area contributed by atoms with Crippen molar-refractivity contribution in [3.05, 3.63) is 28.4 Å². The molecule has 3 rings (SSSR count). The van der Waals surface area contributed by atoms with E-state index in [-0.39, 0.29) is 34.3 Å². The van der Waals surface area contributed by atoms with Crippen LogP contribution >= 0.6 is 23.5 Å². The Hall–Kier alpha value is -1.10. The van der Waals surface area contributed by atoms with Crippen LogP contribution in [-0.4, -0.2) is 56.5 Å². The van der Waals surface area contributed by atoms with Crippen molar-refractivity contribution in [3.63, 3.8) is 0 Å². The summed E-state index contributed by atoms with van der Waals surface area (Å²) in [4.78, 5) is 26.5. The van der Waals surface area contributed by atoms with Crippen molar-refractivity contribution < 1.29 is 13.6 Å². The Labute approximate surface area is 165 Å². The number of rotatable bonds is 7. The maximum absolute atomic E-state index is 13.7. The fourth-order valence-electron chi connectivity index (χ4n) is 3.34. The van der Waals surface area contributed by atoms with Gasteiger partial charge in [0.25, 0.3) is 5.56 Å². The van der Waals surface area contributed by atoms with Gasteiger partial charge in [-0.15, -0.1) is 23.5 Å². The number of hydrogen-bond donors (Lipinski definition) is 2. The van der Waals surface area contributed by atoms with Gasteiger partial charge in [-0.05, 0) is 19.5 Å². The molecule has 0 aromatic carbocycles. The lowest BCUT2D eigenvalue weighted by atomic mass is 10.2. The van der Waals surface area contributed by atoms with Crippen LogP contribution in [0.15, 0.2) is 17.1 Å². The van der Waals surface area contributed by atoms with E-state index in [1.54, 1.807) is 11.8 Å². The van der Waals surface area contributed by atoms with Gasteiger partial charge in [-0.25, -0.2) is 8.78 Å². The topological polar surface area (TPSA) is 66.4 Å². The second-order valence-electron chi connectivity index (χ2n) is 6.45. The molecule has 2 aliphatic rings. The average Bonchev–Trinajstić information content (AvgIpc) is 3.20. The summed E-state index contributed by atoms with van der Waals surface area (Å²) in [5, 5.41) is 6.53. The van der Waals surface area contributed by atoms with Crippen molar-refractivity contribution in [2.75, 3.05) is 25.1 Å². The Balaban J connectivity index is 1.61. The van der Waals surface area contributed by atoms with E-state index in [1.165, 1.54) is 6.20 Å². The molecule has 1 aromatic rings. The Morgan fingerprint density at radius 3 is 2.78 bits per heavy atom. The number of pyridine rings is 1. The lowest BCUT2D eigenvalue weighted by Gasteiger charge is -2.26. The molecule has 2 saturated heterocycles. The van der Waals surface area contributed by atoms with E-state index in [0.717, 1.165) is 30.1 Å². The zero-order valence-corrected chi connectivity index (χ0v) is 16.9. The molecule has 4 atom stereocenters. The number of hydrogen-bond acceptors (Lipinski definition) is 6. The van der Waals surface area contributed by atoms with Gasteiger partial charge in [0.1, 0.15) is 12.2 Å². The summed E-state index contributed by atoms with van der Waals surface area (Å²) in [6.45, 7) is 5.17. The molecule has 6 nitrogen and oxygen atoms in total. The molecule has 1 amide bonds. The summed E-state index contributed by atoms with van der Waals surface area (Å²) in [6, 6.07) is 0.985. The fourth-order valence-corrected chi connectivity index (χ4v) is 6.83. The molecule has 2 aliphatic heterocycles. The average molecular weight is 419 g/mol. The van der Waals surface area contributed by atoms with Crippen LogP contribution in [0, 0.1) is 5.82 Å². The second kappa shape index (κ2) is 8.93. The summed E-state index contributed by atoms with van der Waals surface area (Å²) in [5.41, 5.74) is -0.451. The van der Waals surface area contributed by atoms with E-state index in [2.05, 4.69) is 29.4 Å². The number of halogens is 2. The fraction of sp³-hybridized carbons (Fsp3) is 0.647. The molecule has 2 N–H and O–H groups in total. The first-order valence-corrected chi connectivity index (χ1v) is 10.9. The largest absolute Gasteiger partial charge is 0.324 e. The summed E-state index contributed by atoms with van der Waals surface area (Å²) < 4.78 is 27.2. The van der Waals surface area contributed by atoms with Crippen LogP contribution < -0.4 is 16.2 Å². The van der Waals surface area contributed by atoms with Crippen molar-refractivity contribution >= 4 is 35.1 Å². The molecule has 0 bridgehead atoms. The van der Waals surface area contributed by atoms with Crippen molar-refractivity contribution in [2.45, 2.75) is 48.2 Å². The SMILES string of the molecule is CCN(CC)C1NC2SC(C(=O)Nc3cc(F)c(=O)n(CCF)c3)CC2S1. The minimum absolute atomic E-state index is 0.171. The third-order valence-electron chi connectivity index (χ3n) is 4.78. The van der Waals surface area contributed by atoms with Crippen molar-refractivity contribution in [1.29, 1.82) is 0 Å². The molecule has 10 heteroatoms. The third-order valence-corrected chi connectivity index (χ3v) is 7.95. The zero-order chi connectivity index (χ0) is 19.6. The first kappa shape index (κ1) is 20.6. The highest BCUT2D eigenvalue weighted by atomic mass is 32.2. The van der Waals surface area contributed by atoms with E-state index < -0.39 is 18.1 Å². The van der Waals surface area contributed by atoms with E-state index in [9.17, 15) is 18.4 Å². The van der Waals surface area contributed by atoms with Crippen LogP contribution in [0.4, 0.5) is 14.5 Å². The van der Waals surface area contributed by atoms with Crippen molar-refractivity contribution in [3.8, 4) is 0 Å². The van der Waals surface area contributed by atoms with Gasteiger partial charge >= 0.3 is 0 Å². The molecule has 0 spiro atoms. The molecule has 27 heavy (non-hydrogen) atoms. The number of nitrogens with zero attached hydrogens (tertiary/aromatic N) is 2. The number of carbonyl (C=O) groups is 1. The van der Waals surface area contributed by atoms with Crippen LogP contribution in [0.5, 0.6) is 0 Å². The number of alkyl halides is 1. The van der Waals surface area contributed by atoms with E-state index in [1.807, 2.05) is 11.8 Å². The summed E-state index contributed by atoms with van der Waals surface area (Å²) in [7, 11) is 0. The van der Waals surface area contributed by atoms with Gasteiger partial charge in [0.15, 0.2) is 5.82 Å². The first-order valence-electron chi connectivity index (χ1n) is 9.04. The second-order valence-corrected chi connectivity index (χ2v) is 9.12. The van der Waals surface area contributed by atoms with Crippen molar-refractivity contribution in [2.24, 2.45) is 0 Å². The predicted octanol–water partition coefficient (Wildman–Crippen LogP) is 2.06. The van der Waals surface area contributed by atoms with Crippen LogP contribution in [0.1, 0.15) is 20.3 Å². The van der Waals surface area contributed by atoms with Crippen LogP contribution in [0.25, 0.3) is 0 Å². The molecule has 3 heterocycles. The predicted molar refractivity (Wildman–Crippen MR) is 106 cm³/mol. The van der Waals surface area contributed by atoms with Gasteiger partial charge in [-0.1, -0.05) is 13.8 Å². The molecule has 150 valence electrons. The van der Waals surface area contributed by atoms with Gasteiger partial charge in [0.2, 0.25) is 5.91 Å². The Morgan fingerprint density at radius 2 is 2.15 bits per heavy atom. The molecular formula is C17H24F2N4O2S2. The number of thioether (sulfide) groups is 2. The Kier molecular flexibility index (Phi) is 6.83. The standard InChI is InChI=1S/C17H24F2N4O2S2/c1-3-22(4-2)17-21-15-13(27-17)8-12(26-15)14(24)20-10-7-11(19)16(25)23(9-10)6-5-18/h7,9,12-13,15,17,21H,3-6,8H2,1-2H3,(H,20,24). The number of nitrogens with one attached hydrogen (secondary N) is 2. The minimum Gasteiger partial charge on any atom is -0.324 e. The van der Waals surface area contributed by atoms with E-state index in [4.69, 9.17) is 0 Å². The first-order chi connectivity index (χ1) is 13.0. The highest BCUT2D eigenvalue weighted by Gasteiger charge is 2.46. The van der Waals surface area contributed by atoms with Gasteiger partial charge in [-0.3, -0.25) is 19.8 Å². The Morgan fingerprint density at radius 1 is 1.41 bits per heavy atom. The van der Waals surface area contributed by atoms with E-state index >= 15 is 0 Å². The number of aromatic nitrogens is 1. The number of amides is 1. The highest BCUT2D eigenvalue weighted by molar-refractivity contribution is 8.06. The van der Waals surface area contributed by atoms with Gasteiger partial charge in [0.05, 0.1) is 22.9 Å².